The summed E-state index contributed by atoms with van der Waals surface area (Å²) in [4.78, 5) is 28.0. The van der Waals surface area contributed by atoms with E-state index in [9.17, 15) is 14.9 Å². The minimum atomic E-state index is -0.463. The monoisotopic (exact) mass is 349 g/mol. The first-order valence-corrected chi connectivity index (χ1v) is 8.27. The van der Waals surface area contributed by atoms with E-state index in [4.69, 9.17) is 0 Å². The zero-order valence-electron chi connectivity index (χ0n) is 12.8. The number of nitro groups is 1. The van der Waals surface area contributed by atoms with E-state index in [2.05, 4.69) is 10.3 Å². The summed E-state index contributed by atoms with van der Waals surface area (Å²) in [5.41, 5.74) is 2.44. The van der Waals surface area contributed by atoms with Crippen molar-refractivity contribution in [1.29, 1.82) is 0 Å². The molecule has 0 spiro atoms. The smallest absolute Gasteiger partial charge is 0.269 e. The van der Waals surface area contributed by atoms with Crippen LogP contribution in [0.4, 0.5) is 17.1 Å². The molecule has 6 nitrogen and oxygen atoms in total. The average molecular weight is 349 g/mol. The molecule has 0 bridgehead atoms. The van der Waals surface area contributed by atoms with Gasteiger partial charge in [-0.05, 0) is 30.3 Å². The number of anilines is 2. The van der Waals surface area contributed by atoms with Crippen LogP contribution in [0.3, 0.4) is 0 Å². The highest BCUT2D eigenvalue weighted by Gasteiger charge is 2.12. The van der Waals surface area contributed by atoms with Gasteiger partial charge in [-0.2, -0.15) is 0 Å². The van der Waals surface area contributed by atoms with Gasteiger partial charge in [0.05, 0.1) is 31.4 Å². The molecule has 0 radical (unpaired) electrons. The summed E-state index contributed by atoms with van der Waals surface area (Å²) >= 11 is 1.52. The number of rotatable bonds is 3. The number of hydrogen-bond donors (Lipinski definition) is 1. The molecule has 122 valence electrons. The molecule has 1 aliphatic heterocycles. The molecule has 0 amide bonds. The van der Waals surface area contributed by atoms with Gasteiger partial charge in [-0.15, -0.1) is 11.3 Å². The second-order valence-corrected chi connectivity index (χ2v) is 6.51. The van der Waals surface area contributed by atoms with E-state index in [0.717, 1.165) is 20.8 Å². The van der Waals surface area contributed by atoms with Crippen molar-refractivity contribution in [2.24, 2.45) is 0 Å². The summed E-state index contributed by atoms with van der Waals surface area (Å²) in [6.07, 6.45) is 0. The third-order valence-electron chi connectivity index (χ3n) is 3.74. The van der Waals surface area contributed by atoms with E-state index in [-0.39, 0.29) is 11.1 Å². The van der Waals surface area contributed by atoms with Gasteiger partial charge in [0, 0.05) is 23.9 Å². The van der Waals surface area contributed by atoms with E-state index in [0.29, 0.717) is 11.4 Å². The van der Waals surface area contributed by atoms with Gasteiger partial charge >= 0.3 is 0 Å². The number of fused-ring (bicyclic) bond motifs is 2. The molecule has 4 rings (SSSR count). The number of nitrogens with one attached hydrogen (secondary N) is 1. The Morgan fingerprint density at radius 3 is 2.56 bits per heavy atom. The van der Waals surface area contributed by atoms with Crippen molar-refractivity contribution in [2.45, 2.75) is 0 Å². The van der Waals surface area contributed by atoms with Crippen LogP contribution in [0.1, 0.15) is 0 Å². The summed E-state index contributed by atoms with van der Waals surface area (Å²) in [5.74, 6) is 0. The van der Waals surface area contributed by atoms with Crippen molar-refractivity contribution in [3.8, 4) is 10.6 Å². The lowest BCUT2D eigenvalue weighted by atomic mass is 10.2. The Kier molecular flexibility index (Phi) is 3.62. The first-order valence-electron chi connectivity index (χ1n) is 7.45. The molecule has 0 fully saturated rings. The number of nitro benzene ring substituents is 1. The molecule has 25 heavy (non-hydrogen) atoms. The van der Waals surface area contributed by atoms with Gasteiger partial charge < -0.3 is 5.32 Å². The molecule has 0 aromatic heterocycles. The van der Waals surface area contributed by atoms with Crippen LogP contribution in [-0.2, 0) is 0 Å². The fraction of sp³-hybridized carbons (Fsp3) is 0. The maximum Gasteiger partial charge on any atom is 0.269 e. The van der Waals surface area contributed by atoms with Gasteiger partial charge in [-0.3, -0.25) is 14.9 Å². The zero-order valence-corrected chi connectivity index (χ0v) is 13.6. The lowest BCUT2D eigenvalue weighted by Gasteiger charge is -2.10. The fourth-order valence-corrected chi connectivity index (χ4v) is 3.50. The molecule has 0 saturated carbocycles. The molecule has 0 atom stereocenters. The molecule has 0 saturated heterocycles. The molecule has 1 aliphatic carbocycles. The Morgan fingerprint density at radius 2 is 1.80 bits per heavy atom. The molecular weight excluding hydrogens is 338 g/mol. The van der Waals surface area contributed by atoms with E-state index < -0.39 is 4.92 Å². The Balaban J connectivity index is 1.75. The summed E-state index contributed by atoms with van der Waals surface area (Å²) in [7, 11) is 0. The predicted molar refractivity (Wildman–Crippen MR) is 98.9 cm³/mol. The van der Waals surface area contributed by atoms with Crippen molar-refractivity contribution in [3.63, 3.8) is 0 Å². The van der Waals surface area contributed by atoms with Crippen LogP contribution >= 0.6 is 11.3 Å². The molecular formula is C18H11N3O3S. The Morgan fingerprint density at radius 1 is 1.04 bits per heavy atom. The highest BCUT2D eigenvalue weighted by molar-refractivity contribution is 7.21. The van der Waals surface area contributed by atoms with Crippen molar-refractivity contribution >= 4 is 38.6 Å². The van der Waals surface area contributed by atoms with E-state index >= 15 is 0 Å². The van der Waals surface area contributed by atoms with Gasteiger partial charge in [0.1, 0.15) is 0 Å². The maximum atomic E-state index is 12.4. The van der Waals surface area contributed by atoms with Gasteiger partial charge in [-0.25, -0.2) is 4.98 Å². The second-order valence-electron chi connectivity index (χ2n) is 5.43. The van der Waals surface area contributed by atoms with Gasteiger partial charge in [-0.1, -0.05) is 12.1 Å². The first-order chi connectivity index (χ1) is 12.1. The first kappa shape index (κ1) is 15.2. The molecule has 7 heteroatoms. The predicted octanol–water partition coefficient (Wildman–Crippen LogP) is 4.41. The highest BCUT2D eigenvalue weighted by atomic mass is 32.1. The molecule has 2 aliphatic rings. The van der Waals surface area contributed by atoms with E-state index in [1.165, 1.54) is 23.5 Å². The molecule has 1 N–H and O–H groups in total. The van der Waals surface area contributed by atoms with Gasteiger partial charge in [0.25, 0.3) is 5.69 Å². The standard InChI is InChI=1S/C18H11N3O3S/c22-16-10-18-15(20-13-3-1-2-4-17(13)25-18)9-14(16)19-11-5-7-12(8-6-11)21(23)24/h1-10,19H. The SMILES string of the molecule is O=c1cc2sc3ccccc3nc-2cc1Nc1ccc([N+](=O)[O-])cc1. The van der Waals surface area contributed by atoms with Crippen LogP contribution in [0.25, 0.3) is 20.8 Å². The number of para-hydroxylation sites is 1. The number of benzene rings is 3. The van der Waals surface area contributed by atoms with Crippen LogP contribution in [0.15, 0.2) is 65.5 Å². The third-order valence-corrected chi connectivity index (χ3v) is 4.86. The highest BCUT2D eigenvalue weighted by Crippen LogP contribution is 2.31. The summed E-state index contributed by atoms with van der Waals surface area (Å²) in [6, 6.07) is 17.0. The van der Waals surface area contributed by atoms with E-state index in [1.54, 1.807) is 24.3 Å². The number of aromatic nitrogens is 1. The van der Waals surface area contributed by atoms with Crippen LogP contribution in [-0.4, -0.2) is 9.91 Å². The van der Waals surface area contributed by atoms with Gasteiger partial charge in [0.15, 0.2) is 0 Å². The zero-order chi connectivity index (χ0) is 17.4. The third kappa shape index (κ3) is 2.92. The second kappa shape index (κ2) is 5.95. The Labute approximate surface area is 145 Å². The molecule has 2 aromatic carbocycles. The summed E-state index contributed by atoms with van der Waals surface area (Å²) in [6.45, 7) is 0. The normalized spacial score (nSPS) is 10.9. The van der Waals surface area contributed by atoms with Crippen LogP contribution in [0.5, 0.6) is 0 Å². The largest absolute Gasteiger partial charge is 0.352 e. The van der Waals surface area contributed by atoms with Crippen LogP contribution < -0.4 is 10.7 Å². The lowest BCUT2D eigenvalue weighted by molar-refractivity contribution is -0.384. The minimum absolute atomic E-state index is 0.00125. The van der Waals surface area contributed by atoms with Crippen LogP contribution in [0.2, 0.25) is 0 Å². The summed E-state index contributed by atoms with van der Waals surface area (Å²) < 4.78 is 1.02. The van der Waals surface area contributed by atoms with Crippen molar-refractivity contribution in [3.05, 3.63) is 81.0 Å². The molecule has 2 aromatic rings. The topological polar surface area (TPSA) is 85.1 Å². The number of hydrogen-bond acceptors (Lipinski definition) is 6. The van der Waals surface area contributed by atoms with Crippen LogP contribution in [0, 0.1) is 10.1 Å². The van der Waals surface area contributed by atoms with E-state index in [1.807, 2.05) is 24.3 Å². The van der Waals surface area contributed by atoms with Gasteiger partial charge in [0.2, 0.25) is 5.43 Å². The van der Waals surface area contributed by atoms with Crippen molar-refractivity contribution in [1.82, 2.24) is 4.98 Å². The number of non-ortho nitro benzene ring substituents is 1. The number of nitrogens with zero attached hydrogens (tertiary/aromatic N) is 2. The Bertz CT molecular complexity index is 1120. The summed E-state index contributed by atoms with van der Waals surface area (Å²) in [5, 5.41) is 13.7. The van der Waals surface area contributed by atoms with Crippen molar-refractivity contribution in [2.75, 3.05) is 5.32 Å². The average Bonchev–Trinajstić information content (AvgIpc) is 2.61. The molecule has 0 unspecified atom stereocenters. The maximum absolute atomic E-state index is 12.4. The minimum Gasteiger partial charge on any atom is -0.352 e. The van der Waals surface area contributed by atoms with Crippen molar-refractivity contribution < 1.29 is 4.92 Å². The Hall–Kier alpha value is -3.32. The quantitative estimate of drug-likeness (QED) is 0.336. The molecule has 1 heterocycles. The fourth-order valence-electron chi connectivity index (χ4n) is 2.52. The lowest BCUT2D eigenvalue weighted by Crippen LogP contribution is -2.08.